The third kappa shape index (κ3) is 4.14. The van der Waals surface area contributed by atoms with Crippen molar-refractivity contribution in [2.24, 2.45) is 5.10 Å². The summed E-state index contributed by atoms with van der Waals surface area (Å²) < 4.78 is 23.3. The standard InChI is InChI=1S/C17H15FN2O3/c18-15-4-1-12(2-5-15)8-17(21)20-19-9-13-3-6-16-14(7-13)10-22-11-23-16/h1-7,9H,8,10-11H2,(H,20,21)/b19-9+. The molecule has 0 fully saturated rings. The number of fused-ring (bicyclic) bond motifs is 1. The monoisotopic (exact) mass is 314 g/mol. The first-order valence-corrected chi connectivity index (χ1v) is 7.10. The number of amides is 1. The van der Waals surface area contributed by atoms with Gasteiger partial charge in [0.25, 0.3) is 0 Å². The number of nitrogens with zero attached hydrogens (tertiary/aromatic N) is 1. The quantitative estimate of drug-likeness (QED) is 0.696. The second kappa shape index (κ2) is 7.02. The molecule has 0 atom stereocenters. The fourth-order valence-corrected chi connectivity index (χ4v) is 2.20. The number of rotatable bonds is 4. The van der Waals surface area contributed by atoms with Gasteiger partial charge in [-0.05, 0) is 41.5 Å². The van der Waals surface area contributed by atoms with Gasteiger partial charge in [0.2, 0.25) is 5.91 Å². The maximum atomic E-state index is 12.8. The highest BCUT2D eigenvalue weighted by Crippen LogP contribution is 2.23. The zero-order valence-electron chi connectivity index (χ0n) is 12.3. The van der Waals surface area contributed by atoms with Crippen molar-refractivity contribution in [3.8, 4) is 5.75 Å². The van der Waals surface area contributed by atoms with Gasteiger partial charge < -0.3 is 9.47 Å². The highest BCUT2D eigenvalue weighted by molar-refractivity contribution is 5.83. The summed E-state index contributed by atoms with van der Waals surface area (Å²) in [6, 6.07) is 11.4. The van der Waals surface area contributed by atoms with E-state index >= 15 is 0 Å². The van der Waals surface area contributed by atoms with Crippen molar-refractivity contribution in [1.82, 2.24) is 5.43 Å². The third-order valence-corrected chi connectivity index (χ3v) is 3.32. The van der Waals surface area contributed by atoms with Gasteiger partial charge in [-0.25, -0.2) is 9.82 Å². The Bertz CT molecular complexity index is 729. The third-order valence-electron chi connectivity index (χ3n) is 3.32. The van der Waals surface area contributed by atoms with Crippen LogP contribution in [0.1, 0.15) is 16.7 Å². The minimum Gasteiger partial charge on any atom is -0.467 e. The molecule has 0 spiro atoms. The zero-order chi connectivity index (χ0) is 16.1. The smallest absolute Gasteiger partial charge is 0.244 e. The molecule has 118 valence electrons. The number of hydrogen-bond acceptors (Lipinski definition) is 4. The summed E-state index contributed by atoms with van der Waals surface area (Å²) in [5, 5.41) is 3.92. The Morgan fingerprint density at radius 2 is 2.09 bits per heavy atom. The number of carbonyl (C=O) groups excluding carboxylic acids is 1. The van der Waals surface area contributed by atoms with Gasteiger partial charge >= 0.3 is 0 Å². The lowest BCUT2D eigenvalue weighted by atomic mass is 10.1. The molecule has 1 aliphatic heterocycles. The van der Waals surface area contributed by atoms with Crippen molar-refractivity contribution >= 4 is 12.1 Å². The van der Waals surface area contributed by atoms with Crippen molar-refractivity contribution in [2.75, 3.05) is 6.79 Å². The van der Waals surface area contributed by atoms with Crippen molar-refractivity contribution < 1.29 is 18.7 Å². The normalized spacial score (nSPS) is 13.4. The van der Waals surface area contributed by atoms with E-state index in [1.165, 1.54) is 12.1 Å². The molecule has 1 N–H and O–H groups in total. The molecule has 2 aromatic carbocycles. The van der Waals surface area contributed by atoms with Crippen molar-refractivity contribution in [3.63, 3.8) is 0 Å². The molecule has 0 radical (unpaired) electrons. The number of hydrogen-bond donors (Lipinski definition) is 1. The maximum absolute atomic E-state index is 12.8. The number of hydrazone groups is 1. The van der Waals surface area contributed by atoms with E-state index in [4.69, 9.17) is 9.47 Å². The van der Waals surface area contributed by atoms with Gasteiger partial charge in [0, 0.05) is 5.56 Å². The van der Waals surface area contributed by atoms with E-state index in [0.29, 0.717) is 6.61 Å². The minimum absolute atomic E-state index is 0.142. The van der Waals surface area contributed by atoms with Gasteiger partial charge in [0.05, 0.1) is 19.2 Å². The van der Waals surface area contributed by atoms with Crippen LogP contribution in [0, 0.1) is 5.82 Å². The van der Waals surface area contributed by atoms with Crippen LogP contribution in [-0.2, 0) is 22.6 Å². The lowest BCUT2D eigenvalue weighted by molar-refractivity contribution is -0.120. The summed E-state index contributed by atoms with van der Waals surface area (Å²) in [6.07, 6.45) is 1.70. The fourth-order valence-electron chi connectivity index (χ4n) is 2.20. The Balaban J connectivity index is 1.56. The van der Waals surface area contributed by atoms with Gasteiger partial charge in [-0.15, -0.1) is 0 Å². The highest BCUT2D eigenvalue weighted by atomic mass is 19.1. The van der Waals surface area contributed by atoms with E-state index in [1.807, 2.05) is 18.2 Å². The van der Waals surface area contributed by atoms with Crippen LogP contribution in [0.5, 0.6) is 5.75 Å². The Hall–Kier alpha value is -2.73. The SMILES string of the molecule is O=C(Cc1ccc(F)cc1)N/N=C/c1ccc2c(c1)COCO2. The maximum Gasteiger partial charge on any atom is 0.244 e. The lowest BCUT2D eigenvalue weighted by Gasteiger charge is -2.17. The molecule has 0 saturated heterocycles. The molecule has 0 aromatic heterocycles. The molecular formula is C17H15FN2O3. The fraction of sp³-hybridized carbons (Fsp3) is 0.176. The molecule has 3 rings (SSSR count). The van der Waals surface area contributed by atoms with E-state index in [0.717, 1.165) is 22.4 Å². The van der Waals surface area contributed by atoms with Crippen molar-refractivity contribution in [3.05, 3.63) is 65.0 Å². The molecule has 0 saturated carbocycles. The first-order chi connectivity index (χ1) is 11.2. The predicted octanol–water partition coefficient (Wildman–Crippen LogP) is 2.39. The molecule has 6 heteroatoms. The van der Waals surface area contributed by atoms with Gasteiger partial charge in [0.15, 0.2) is 6.79 Å². The van der Waals surface area contributed by atoms with Gasteiger partial charge in [-0.1, -0.05) is 12.1 Å². The van der Waals surface area contributed by atoms with Crippen molar-refractivity contribution in [2.45, 2.75) is 13.0 Å². The van der Waals surface area contributed by atoms with Crippen LogP contribution in [0.15, 0.2) is 47.6 Å². The Kier molecular flexibility index (Phi) is 4.63. The Morgan fingerprint density at radius 3 is 2.91 bits per heavy atom. The number of ether oxygens (including phenoxy) is 2. The second-order valence-corrected chi connectivity index (χ2v) is 5.07. The molecule has 1 heterocycles. The molecule has 1 aliphatic rings. The van der Waals surface area contributed by atoms with E-state index < -0.39 is 0 Å². The van der Waals surface area contributed by atoms with Crippen LogP contribution >= 0.6 is 0 Å². The molecule has 1 amide bonds. The number of carbonyl (C=O) groups is 1. The van der Waals surface area contributed by atoms with E-state index in [-0.39, 0.29) is 24.9 Å². The van der Waals surface area contributed by atoms with Crippen molar-refractivity contribution in [1.29, 1.82) is 0 Å². The lowest BCUT2D eigenvalue weighted by Crippen LogP contribution is -2.19. The highest BCUT2D eigenvalue weighted by Gasteiger charge is 2.10. The average molecular weight is 314 g/mol. The first-order valence-electron chi connectivity index (χ1n) is 7.10. The summed E-state index contributed by atoms with van der Waals surface area (Å²) in [6.45, 7) is 0.758. The summed E-state index contributed by atoms with van der Waals surface area (Å²) >= 11 is 0. The molecule has 0 aliphatic carbocycles. The molecule has 0 bridgehead atoms. The second-order valence-electron chi connectivity index (χ2n) is 5.07. The van der Waals surface area contributed by atoms with E-state index in [1.54, 1.807) is 18.3 Å². The van der Waals surface area contributed by atoms with Crippen LogP contribution in [0.25, 0.3) is 0 Å². The van der Waals surface area contributed by atoms with E-state index in [2.05, 4.69) is 10.5 Å². The molecule has 23 heavy (non-hydrogen) atoms. The molecule has 2 aromatic rings. The van der Waals surface area contributed by atoms with Gasteiger partial charge in [0.1, 0.15) is 11.6 Å². The summed E-state index contributed by atoms with van der Waals surface area (Å²) in [4.78, 5) is 11.8. The Labute approximate surface area is 132 Å². The Morgan fingerprint density at radius 1 is 1.26 bits per heavy atom. The molecular weight excluding hydrogens is 299 g/mol. The molecule has 5 nitrogen and oxygen atoms in total. The number of benzene rings is 2. The minimum atomic E-state index is -0.326. The number of halogens is 1. The van der Waals surface area contributed by atoms with Gasteiger partial charge in [-0.3, -0.25) is 4.79 Å². The zero-order valence-corrected chi connectivity index (χ0v) is 12.3. The van der Waals surface area contributed by atoms with Crippen LogP contribution in [0.3, 0.4) is 0 Å². The van der Waals surface area contributed by atoms with Crippen LogP contribution in [0.4, 0.5) is 4.39 Å². The van der Waals surface area contributed by atoms with E-state index in [9.17, 15) is 9.18 Å². The largest absolute Gasteiger partial charge is 0.467 e. The first kappa shape index (κ1) is 15.2. The van der Waals surface area contributed by atoms with Crippen LogP contribution in [-0.4, -0.2) is 18.9 Å². The van der Waals surface area contributed by atoms with Crippen LogP contribution < -0.4 is 10.2 Å². The number of nitrogens with one attached hydrogen (secondary N) is 1. The summed E-state index contributed by atoms with van der Waals surface area (Å²) in [7, 11) is 0. The average Bonchev–Trinajstić information content (AvgIpc) is 2.57. The van der Waals surface area contributed by atoms with Crippen LogP contribution in [0.2, 0.25) is 0 Å². The summed E-state index contributed by atoms with van der Waals surface area (Å²) in [5.74, 6) is 0.207. The molecule has 0 unspecified atom stereocenters. The predicted molar refractivity (Wildman–Crippen MR) is 82.6 cm³/mol. The summed E-state index contributed by atoms with van der Waals surface area (Å²) in [5.41, 5.74) is 4.95. The topological polar surface area (TPSA) is 59.9 Å². The van der Waals surface area contributed by atoms with Gasteiger partial charge in [-0.2, -0.15) is 5.10 Å².